The van der Waals surface area contributed by atoms with Crippen molar-refractivity contribution in [1.29, 1.82) is 0 Å². The number of ether oxygens (including phenoxy) is 1. The van der Waals surface area contributed by atoms with E-state index in [0.717, 1.165) is 0 Å². The summed E-state index contributed by atoms with van der Waals surface area (Å²) in [4.78, 5) is 34.4. The topological polar surface area (TPSA) is 72.5 Å². The normalized spacial score (nSPS) is 10.8. The molecule has 0 unspecified atom stereocenters. The van der Waals surface area contributed by atoms with Gasteiger partial charge >= 0.3 is 5.97 Å². The van der Waals surface area contributed by atoms with E-state index in [9.17, 15) is 14.4 Å². The fraction of sp³-hybridized carbons (Fsp3) is 0.400. The molecule has 0 heterocycles. The number of carbonyl (C=O) groups is 3. The molecule has 0 aliphatic heterocycles. The second-order valence-electron chi connectivity index (χ2n) is 5.70. The third-order valence-corrected chi connectivity index (χ3v) is 2.55. The maximum absolute atomic E-state index is 12.0. The zero-order valence-electron chi connectivity index (χ0n) is 12.1. The summed E-state index contributed by atoms with van der Waals surface area (Å²) in [5.41, 5.74) is 0.648. The zero-order chi connectivity index (χ0) is 15.3. The Morgan fingerprint density at radius 2 is 1.80 bits per heavy atom. The van der Waals surface area contributed by atoms with E-state index < -0.39 is 5.97 Å². The lowest BCUT2D eigenvalue weighted by Crippen LogP contribution is -2.32. The molecule has 5 nitrogen and oxygen atoms in total. The fourth-order valence-corrected chi connectivity index (χ4v) is 1.53. The Morgan fingerprint density at radius 1 is 1.20 bits per heavy atom. The van der Waals surface area contributed by atoms with Crippen LogP contribution in [0.15, 0.2) is 18.2 Å². The molecule has 0 aromatic heterocycles. The molecule has 0 saturated heterocycles. The van der Waals surface area contributed by atoms with Crippen LogP contribution >= 0.6 is 0 Å². The van der Waals surface area contributed by atoms with Gasteiger partial charge in [0, 0.05) is 17.7 Å². The number of nitrogens with one attached hydrogen (secondary N) is 1. The minimum atomic E-state index is -0.585. The van der Waals surface area contributed by atoms with Gasteiger partial charge in [0.15, 0.2) is 0 Å². The molecule has 108 valence electrons. The molecule has 1 amide bonds. The summed E-state index contributed by atoms with van der Waals surface area (Å²) in [6.45, 7) is 6.48. The molecule has 1 N–H and O–H groups in total. The van der Waals surface area contributed by atoms with Gasteiger partial charge in [-0.3, -0.25) is 9.59 Å². The molecule has 0 aliphatic rings. The van der Waals surface area contributed by atoms with Crippen LogP contribution in [0.1, 0.15) is 51.8 Å². The van der Waals surface area contributed by atoms with Gasteiger partial charge in [-0.2, -0.15) is 0 Å². The van der Waals surface area contributed by atoms with Crippen molar-refractivity contribution in [3.63, 3.8) is 0 Å². The highest BCUT2D eigenvalue weighted by Gasteiger charge is 2.16. The third-order valence-electron chi connectivity index (χ3n) is 2.55. The van der Waals surface area contributed by atoms with E-state index in [2.05, 4.69) is 10.1 Å². The second kappa shape index (κ2) is 6.32. The van der Waals surface area contributed by atoms with Crippen LogP contribution in [-0.4, -0.2) is 31.8 Å². The Kier molecular flexibility index (Phi) is 5.02. The number of rotatable bonds is 4. The van der Waals surface area contributed by atoms with Crippen molar-refractivity contribution in [3.05, 3.63) is 34.9 Å². The first kappa shape index (κ1) is 15.9. The van der Waals surface area contributed by atoms with Crippen LogP contribution in [0.2, 0.25) is 0 Å². The number of benzene rings is 1. The van der Waals surface area contributed by atoms with Crippen LogP contribution in [0.25, 0.3) is 0 Å². The predicted octanol–water partition coefficient (Wildman–Crippen LogP) is 2.06. The zero-order valence-corrected chi connectivity index (χ0v) is 12.1. The van der Waals surface area contributed by atoms with Gasteiger partial charge in [0.05, 0.1) is 12.7 Å². The van der Waals surface area contributed by atoms with E-state index in [1.165, 1.54) is 25.3 Å². The number of methoxy groups -OCH3 is 1. The summed E-state index contributed by atoms with van der Waals surface area (Å²) in [7, 11) is 1.25. The Labute approximate surface area is 118 Å². The van der Waals surface area contributed by atoms with Crippen molar-refractivity contribution >= 4 is 18.2 Å². The molecule has 0 bridgehead atoms. The van der Waals surface area contributed by atoms with Gasteiger partial charge in [-0.25, -0.2) is 4.79 Å². The summed E-state index contributed by atoms with van der Waals surface area (Å²) in [5, 5.41) is 2.77. The van der Waals surface area contributed by atoms with Crippen molar-refractivity contribution in [2.45, 2.75) is 20.8 Å². The molecule has 1 aromatic carbocycles. The van der Waals surface area contributed by atoms with Crippen LogP contribution in [0.3, 0.4) is 0 Å². The largest absolute Gasteiger partial charge is 0.465 e. The number of carbonyl (C=O) groups excluding carboxylic acids is 3. The molecule has 0 aliphatic carbocycles. The van der Waals surface area contributed by atoms with Crippen LogP contribution in [0, 0.1) is 5.41 Å². The van der Waals surface area contributed by atoms with Gasteiger partial charge in [0.1, 0.15) is 6.29 Å². The number of hydrogen-bond donors (Lipinski definition) is 1. The van der Waals surface area contributed by atoms with Gasteiger partial charge < -0.3 is 10.1 Å². The van der Waals surface area contributed by atoms with E-state index in [1.54, 1.807) is 0 Å². The standard InChI is InChI=1S/C15H19NO4/c1-15(2,3)9-16-13(18)11-5-10(8-17)6-12(7-11)14(19)20-4/h5-8H,9H2,1-4H3,(H,16,18). The third kappa shape index (κ3) is 4.50. The lowest BCUT2D eigenvalue weighted by atomic mass is 9.96. The average molecular weight is 277 g/mol. The first-order valence-electron chi connectivity index (χ1n) is 6.23. The van der Waals surface area contributed by atoms with Crippen molar-refractivity contribution in [3.8, 4) is 0 Å². The molecule has 1 aromatic rings. The molecular weight excluding hydrogens is 258 g/mol. The first-order valence-corrected chi connectivity index (χ1v) is 6.23. The minimum Gasteiger partial charge on any atom is -0.465 e. The van der Waals surface area contributed by atoms with Crippen molar-refractivity contribution < 1.29 is 19.1 Å². The Bertz CT molecular complexity index is 529. The van der Waals surface area contributed by atoms with Gasteiger partial charge in [0.25, 0.3) is 5.91 Å². The van der Waals surface area contributed by atoms with Crippen LogP contribution in [0.4, 0.5) is 0 Å². The van der Waals surface area contributed by atoms with Crippen molar-refractivity contribution in [2.75, 3.05) is 13.7 Å². The van der Waals surface area contributed by atoms with E-state index in [0.29, 0.717) is 12.8 Å². The Balaban J connectivity index is 3.02. The van der Waals surface area contributed by atoms with E-state index in [-0.39, 0.29) is 28.0 Å². The van der Waals surface area contributed by atoms with Crippen LogP contribution in [0.5, 0.6) is 0 Å². The summed E-state index contributed by atoms with van der Waals surface area (Å²) >= 11 is 0. The molecular formula is C15H19NO4. The number of amides is 1. The summed E-state index contributed by atoms with van der Waals surface area (Å²) < 4.78 is 4.60. The number of esters is 1. The van der Waals surface area contributed by atoms with Crippen LogP contribution in [-0.2, 0) is 4.74 Å². The summed E-state index contributed by atoms with van der Waals surface area (Å²) in [6, 6.07) is 4.24. The molecule has 0 fully saturated rings. The quantitative estimate of drug-likeness (QED) is 0.675. The maximum atomic E-state index is 12.0. The molecule has 0 radical (unpaired) electrons. The lowest BCUT2D eigenvalue weighted by molar-refractivity contribution is 0.0600. The Hall–Kier alpha value is -2.17. The first-order chi connectivity index (χ1) is 9.26. The minimum absolute atomic E-state index is 0.0525. The van der Waals surface area contributed by atoms with Gasteiger partial charge in [-0.15, -0.1) is 0 Å². The SMILES string of the molecule is COC(=O)c1cc(C=O)cc(C(=O)NCC(C)(C)C)c1. The van der Waals surface area contributed by atoms with Gasteiger partial charge in [0.2, 0.25) is 0 Å². The smallest absolute Gasteiger partial charge is 0.337 e. The lowest BCUT2D eigenvalue weighted by Gasteiger charge is -2.18. The maximum Gasteiger partial charge on any atom is 0.337 e. The van der Waals surface area contributed by atoms with Gasteiger partial charge in [-0.05, 0) is 23.6 Å². The van der Waals surface area contributed by atoms with Crippen molar-refractivity contribution in [1.82, 2.24) is 5.32 Å². The fourth-order valence-electron chi connectivity index (χ4n) is 1.53. The van der Waals surface area contributed by atoms with E-state index in [4.69, 9.17) is 0 Å². The summed E-state index contributed by atoms with van der Waals surface area (Å²) in [6.07, 6.45) is 0.590. The van der Waals surface area contributed by atoms with Crippen LogP contribution < -0.4 is 5.32 Å². The monoisotopic (exact) mass is 277 g/mol. The average Bonchev–Trinajstić information content (AvgIpc) is 2.42. The molecule has 0 atom stereocenters. The van der Waals surface area contributed by atoms with Gasteiger partial charge in [-0.1, -0.05) is 20.8 Å². The number of hydrogen-bond acceptors (Lipinski definition) is 4. The molecule has 1 rings (SSSR count). The van der Waals surface area contributed by atoms with E-state index >= 15 is 0 Å². The highest BCUT2D eigenvalue weighted by atomic mass is 16.5. The molecule has 5 heteroatoms. The van der Waals surface area contributed by atoms with E-state index in [1.807, 2.05) is 20.8 Å². The molecule has 0 saturated carbocycles. The summed E-state index contributed by atoms with van der Waals surface area (Å²) in [5.74, 6) is -0.910. The molecule has 20 heavy (non-hydrogen) atoms. The number of aldehydes is 1. The highest BCUT2D eigenvalue weighted by Crippen LogP contribution is 2.13. The molecule has 0 spiro atoms. The van der Waals surface area contributed by atoms with Crippen molar-refractivity contribution in [2.24, 2.45) is 5.41 Å². The highest BCUT2D eigenvalue weighted by molar-refractivity contribution is 6.00. The Morgan fingerprint density at radius 3 is 2.30 bits per heavy atom. The second-order valence-corrected chi connectivity index (χ2v) is 5.70. The predicted molar refractivity (Wildman–Crippen MR) is 75.0 cm³/mol.